The fraction of sp³-hybridized carbons (Fsp3) is 0.143. The van der Waals surface area contributed by atoms with Crippen molar-refractivity contribution in [1.82, 2.24) is 0 Å². The highest BCUT2D eigenvalue weighted by molar-refractivity contribution is 5.48. The zero-order chi connectivity index (χ0) is 10.7. The van der Waals surface area contributed by atoms with Crippen LogP contribution in [0.2, 0.25) is 0 Å². The van der Waals surface area contributed by atoms with Gasteiger partial charge in [0.1, 0.15) is 0 Å². The van der Waals surface area contributed by atoms with Gasteiger partial charge in [0.25, 0.3) is 0 Å². The van der Waals surface area contributed by atoms with E-state index in [1.807, 2.05) is 30.4 Å². The molecule has 76 valence electrons. The molecule has 0 amide bonds. The van der Waals surface area contributed by atoms with Crippen LogP contribution in [0.4, 0.5) is 0 Å². The van der Waals surface area contributed by atoms with E-state index in [1.54, 1.807) is 6.92 Å². The zero-order valence-electron chi connectivity index (χ0n) is 8.77. The standard InChI is InChI=1S/C14H14O/c1-11(15)14-8-7-13(10-14)9-12-5-3-2-4-6-12/h2-8,10,15H,9H2,1H3. The number of benzene rings is 1. The first-order valence-corrected chi connectivity index (χ1v) is 5.08. The van der Waals surface area contributed by atoms with E-state index in [1.165, 1.54) is 11.1 Å². The van der Waals surface area contributed by atoms with Crippen molar-refractivity contribution in [3.05, 3.63) is 71.0 Å². The third-order valence-electron chi connectivity index (χ3n) is 2.49. The van der Waals surface area contributed by atoms with E-state index < -0.39 is 0 Å². The fourth-order valence-corrected chi connectivity index (χ4v) is 1.66. The molecular weight excluding hydrogens is 184 g/mol. The average molecular weight is 198 g/mol. The molecule has 0 aliphatic heterocycles. The van der Waals surface area contributed by atoms with E-state index in [2.05, 4.69) is 18.2 Å². The van der Waals surface area contributed by atoms with Gasteiger partial charge in [-0.05, 0) is 30.6 Å². The minimum Gasteiger partial charge on any atom is -0.512 e. The van der Waals surface area contributed by atoms with Crippen LogP contribution in [0.5, 0.6) is 0 Å². The maximum atomic E-state index is 9.32. The first-order valence-electron chi connectivity index (χ1n) is 5.08. The van der Waals surface area contributed by atoms with Gasteiger partial charge in [0.05, 0.1) is 5.76 Å². The Kier molecular flexibility index (Phi) is 2.72. The summed E-state index contributed by atoms with van der Waals surface area (Å²) >= 11 is 0. The van der Waals surface area contributed by atoms with Crippen molar-refractivity contribution in [2.24, 2.45) is 0 Å². The molecule has 0 unspecified atom stereocenters. The lowest BCUT2D eigenvalue weighted by molar-refractivity contribution is 0.411. The summed E-state index contributed by atoms with van der Waals surface area (Å²) in [5.74, 6) is 0.384. The molecule has 0 fully saturated rings. The van der Waals surface area contributed by atoms with E-state index in [9.17, 15) is 5.11 Å². The Morgan fingerprint density at radius 2 is 1.87 bits per heavy atom. The SMILES string of the molecule is CC(O)=C1C=CC(Cc2ccccc2)=C1. The summed E-state index contributed by atoms with van der Waals surface area (Å²) in [4.78, 5) is 0. The summed E-state index contributed by atoms with van der Waals surface area (Å²) in [6.45, 7) is 1.71. The van der Waals surface area contributed by atoms with E-state index in [-0.39, 0.29) is 0 Å². The number of hydrogen-bond acceptors (Lipinski definition) is 1. The van der Waals surface area contributed by atoms with Crippen molar-refractivity contribution >= 4 is 0 Å². The predicted molar refractivity (Wildman–Crippen MR) is 62.7 cm³/mol. The molecule has 0 aromatic heterocycles. The lowest BCUT2D eigenvalue weighted by Crippen LogP contribution is -1.85. The Bertz CT molecular complexity index is 432. The Balaban J connectivity index is 2.14. The summed E-state index contributed by atoms with van der Waals surface area (Å²) in [7, 11) is 0. The van der Waals surface area contributed by atoms with Gasteiger partial charge in [-0.2, -0.15) is 0 Å². The van der Waals surface area contributed by atoms with Crippen molar-refractivity contribution in [2.75, 3.05) is 0 Å². The largest absolute Gasteiger partial charge is 0.512 e. The van der Waals surface area contributed by atoms with Gasteiger partial charge in [-0.25, -0.2) is 0 Å². The van der Waals surface area contributed by atoms with Crippen LogP contribution in [0.15, 0.2) is 65.5 Å². The maximum absolute atomic E-state index is 9.32. The van der Waals surface area contributed by atoms with E-state index in [0.717, 1.165) is 12.0 Å². The van der Waals surface area contributed by atoms with Crippen LogP contribution in [-0.2, 0) is 6.42 Å². The Morgan fingerprint density at radius 1 is 1.13 bits per heavy atom. The number of rotatable bonds is 2. The molecule has 0 atom stereocenters. The number of aliphatic hydroxyl groups is 1. The topological polar surface area (TPSA) is 20.2 Å². The van der Waals surface area contributed by atoms with E-state index in [0.29, 0.717) is 5.76 Å². The minimum absolute atomic E-state index is 0.384. The van der Waals surface area contributed by atoms with Crippen LogP contribution >= 0.6 is 0 Å². The predicted octanol–water partition coefficient (Wildman–Crippen LogP) is 3.56. The highest BCUT2D eigenvalue weighted by Gasteiger charge is 2.05. The quantitative estimate of drug-likeness (QED) is 0.720. The third kappa shape index (κ3) is 2.38. The van der Waals surface area contributed by atoms with Crippen molar-refractivity contribution < 1.29 is 5.11 Å². The molecule has 0 bridgehead atoms. The van der Waals surface area contributed by atoms with Gasteiger partial charge in [-0.15, -0.1) is 0 Å². The first-order chi connectivity index (χ1) is 7.25. The normalized spacial score (nSPS) is 17.8. The molecule has 1 aliphatic rings. The van der Waals surface area contributed by atoms with Gasteiger partial charge in [0, 0.05) is 5.57 Å². The highest BCUT2D eigenvalue weighted by Crippen LogP contribution is 2.20. The smallest absolute Gasteiger partial charge is 0.0963 e. The first kappa shape index (κ1) is 9.78. The van der Waals surface area contributed by atoms with Crippen LogP contribution in [0.3, 0.4) is 0 Å². The Labute approximate surface area is 90.1 Å². The van der Waals surface area contributed by atoms with Crippen LogP contribution in [0.25, 0.3) is 0 Å². The molecule has 1 nitrogen and oxygen atoms in total. The number of allylic oxidation sites excluding steroid dienone is 6. The third-order valence-corrected chi connectivity index (χ3v) is 2.49. The zero-order valence-corrected chi connectivity index (χ0v) is 8.77. The molecule has 0 heterocycles. The molecule has 0 spiro atoms. The Hall–Kier alpha value is -1.76. The van der Waals surface area contributed by atoms with E-state index >= 15 is 0 Å². The van der Waals surface area contributed by atoms with Crippen LogP contribution in [0.1, 0.15) is 12.5 Å². The van der Waals surface area contributed by atoms with Crippen LogP contribution in [0, 0.1) is 0 Å². The lowest BCUT2D eigenvalue weighted by Gasteiger charge is -1.99. The molecule has 1 aliphatic carbocycles. The van der Waals surface area contributed by atoms with Crippen molar-refractivity contribution in [2.45, 2.75) is 13.3 Å². The molecule has 0 saturated heterocycles. The Morgan fingerprint density at radius 3 is 2.47 bits per heavy atom. The summed E-state index contributed by atoms with van der Waals surface area (Å²) in [6.07, 6.45) is 6.96. The van der Waals surface area contributed by atoms with E-state index in [4.69, 9.17) is 0 Å². The second-order valence-corrected chi connectivity index (χ2v) is 3.76. The average Bonchev–Trinajstić information content (AvgIpc) is 2.68. The van der Waals surface area contributed by atoms with Crippen molar-refractivity contribution in [3.63, 3.8) is 0 Å². The maximum Gasteiger partial charge on any atom is 0.0963 e. The highest BCUT2D eigenvalue weighted by atomic mass is 16.3. The second kappa shape index (κ2) is 4.18. The van der Waals surface area contributed by atoms with Gasteiger partial charge < -0.3 is 5.11 Å². The van der Waals surface area contributed by atoms with Crippen LogP contribution < -0.4 is 0 Å². The van der Waals surface area contributed by atoms with Crippen LogP contribution in [-0.4, -0.2) is 5.11 Å². The summed E-state index contributed by atoms with van der Waals surface area (Å²) in [5.41, 5.74) is 3.45. The second-order valence-electron chi connectivity index (χ2n) is 3.76. The number of aliphatic hydroxyl groups excluding tert-OH is 1. The molecule has 2 rings (SSSR count). The minimum atomic E-state index is 0.384. The summed E-state index contributed by atoms with van der Waals surface area (Å²) in [6, 6.07) is 10.3. The molecule has 1 N–H and O–H groups in total. The summed E-state index contributed by atoms with van der Waals surface area (Å²) < 4.78 is 0. The molecular formula is C14H14O. The number of hydrogen-bond donors (Lipinski definition) is 1. The molecule has 0 radical (unpaired) electrons. The molecule has 1 heteroatoms. The molecule has 1 aromatic carbocycles. The van der Waals surface area contributed by atoms with Crippen molar-refractivity contribution in [3.8, 4) is 0 Å². The van der Waals surface area contributed by atoms with Gasteiger partial charge in [0.15, 0.2) is 0 Å². The molecule has 0 saturated carbocycles. The molecule has 15 heavy (non-hydrogen) atoms. The molecule has 1 aromatic rings. The van der Waals surface area contributed by atoms with Gasteiger partial charge >= 0.3 is 0 Å². The van der Waals surface area contributed by atoms with Gasteiger partial charge in [-0.3, -0.25) is 0 Å². The van der Waals surface area contributed by atoms with Crippen molar-refractivity contribution in [1.29, 1.82) is 0 Å². The monoisotopic (exact) mass is 198 g/mol. The van der Waals surface area contributed by atoms with Gasteiger partial charge in [-0.1, -0.05) is 42.5 Å². The fourth-order valence-electron chi connectivity index (χ4n) is 1.66. The lowest BCUT2D eigenvalue weighted by atomic mass is 10.1. The van der Waals surface area contributed by atoms with Gasteiger partial charge in [0.2, 0.25) is 0 Å². The summed E-state index contributed by atoms with van der Waals surface area (Å²) in [5, 5.41) is 9.32.